The lowest BCUT2D eigenvalue weighted by Crippen LogP contribution is -2.30. The van der Waals surface area contributed by atoms with E-state index in [2.05, 4.69) is 19.6 Å². The van der Waals surface area contributed by atoms with Gasteiger partial charge in [-0.05, 0) is 30.9 Å². The van der Waals surface area contributed by atoms with E-state index >= 15 is 0 Å². The van der Waals surface area contributed by atoms with Crippen molar-refractivity contribution in [3.8, 4) is 5.75 Å². The predicted octanol–water partition coefficient (Wildman–Crippen LogP) is 2.74. The number of benzene rings is 1. The second-order valence-corrected chi connectivity index (χ2v) is 4.49. The first-order chi connectivity index (χ1) is 7.74. The van der Waals surface area contributed by atoms with Crippen LogP contribution in [0, 0.1) is 5.92 Å². The van der Waals surface area contributed by atoms with E-state index in [9.17, 15) is 0 Å². The van der Waals surface area contributed by atoms with Crippen LogP contribution in [-0.4, -0.2) is 18.4 Å². The van der Waals surface area contributed by atoms with Crippen LogP contribution in [-0.2, 0) is 0 Å². The van der Waals surface area contributed by atoms with Crippen molar-refractivity contribution in [2.45, 2.75) is 25.8 Å². The molecule has 0 saturated carbocycles. The second-order valence-electron chi connectivity index (χ2n) is 4.13. The molecule has 90 valence electrons. The van der Waals surface area contributed by atoms with E-state index in [0.717, 1.165) is 31.0 Å². The summed E-state index contributed by atoms with van der Waals surface area (Å²) in [7, 11) is 0. The van der Waals surface area contributed by atoms with Gasteiger partial charge in [-0.2, -0.15) is 12.6 Å². The Hall–Kier alpha value is -0.670. The third-order valence-electron chi connectivity index (χ3n) is 2.76. The minimum Gasteiger partial charge on any atom is -0.494 e. The van der Waals surface area contributed by atoms with Crippen LogP contribution >= 0.6 is 12.6 Å². The van der Waals surface area contributed by atoms with Gasteiger partial charge in [-0.3, -0.25) is 0 Å². The van der Waals surface area contributed by atoms with Gasteiger partial charge in [-0.15, -0.1) is 0 Å². The topological polar surface area (TPSA) is 35.2 Å². The lowest BCUT2D eigenvalue weighted by molar-refractivity contribution is 0.289. The fourth-order valence-electron chi connectivity index (χ4n) is 1.51. The standard InChI is InChI=1S/C13H21NOS/c1-11(13(14)10-16)6-5-9-15-12-7-3-2-4-8-12/h2-4,7-8,11,13,16H,5-6,9-10,14H2,1H3. The number of thiol groups is 1. The van der Waals surface area contributed by atoms with E-state index in [0.29, 0.717) is 5.92 Å². The van der Waals surface area contributed by atoms with Crippen molar-refractivity contribution in [3.63, 3.8) is 0 Å². The van der Waals surface area contributed by atoms with Crippen molar-refractivity contribution in [3.05, 3.63) is 30.3 Å². The Bertz CT molecular complexity index is 279. The quantitative estimate of drug-likeness (QED) is 0.567. The predicted molar refractivity (Wildman–Crippen MR) is 72.2 cm³/mol. The van der Waals surface area contributed by atoms with Crippen molar-refractivity contribution in [2.24, 2.45) is 11.7 Å². The Morgan fingerprint density at radius 3 is 2.62 bits per heavy atom. The van der Waals surface area contributed by atoms with Crippen molar-refractivity contribution >= 4 is 12.6 Å². The van der Waals surface area contributed by atoms with Crippen LogP contribution in [0.5, 0.6) is 5.75 Å². The van der Waals surface area contributed by atoms with Gasteiger partial charge >= 0.3 is 0 Å². The van der Waals surface area contributed by atoms with Gasteiger partial charge in [-0.25, -0.2) is 0 Å². The van der Waals surface area contributed by atoms with Crippen LogP contribution in [0.3, 0.4) is 0 Å². The van der Waals surface area contributed by atoms with Gasteiger partial charge in [-0.1, -0.05) is 25.1 Å². The summed E-state index contributed by atoms with van der Waals surface area (Å²) in [6, 6.07) is 10.1. The zero-order chi connectivity index (χ0) is 11.8. The molecule has 1 aromatic rings. The molecule has 0 saturated heterocycles. The molecule has 3 heteroatoms. The molecule has 0 heterocycles. The number of nitrogens with two attached hydrogens (primary N) is 1. The van der Waals surface area contributed by atoms with Crippen molar-refractivity contribution < 1.29 is 4.74 Å². The van der Waals surface area contributed by atoms with Crippen LogP contribution in [0.25, 0.3) is 0 Å². The maximum absolute atomic E-state index is 5.89. The Kier molecular flexibility index (Phi) is 6.34. The molecule has 1 rings (SSSR count). The molecule has 2 atom stereocenters. The fraction of sp³-hybridized carbons (Fsp3) is 0.538. The lowest BCUT2D eigenvalue weighted by atomic mass is 9.99. The molecule has 2 unspecified atom stereocenters. The number of hydrogen-bond donors (Lipinski definition) is 2. The third kappa shape index (κ3) is 4.90. The monoisotopic (exact) mass is 239 g/mol. The summed E-state index contributed by atoms with van der Waals surface area (Å²) < 4.78 is 5.61. The van der Waals surface area contributed by atoms with Crippen molar-refractivity contribution in [1.29, 1.82) is 0 Å². The minimum absolute atomic E-state index is 0.194. The number of ether oxygens (including phenoxy) is 1. The molecule has 16 heavy (non-hydrogen) atoms. The summed E-state index contributed by atoms with van der Waals surface area (Å²) in [5.41, 5.74) is 5.89. The molecule has 0 bridgehead atoms. The number of hydrogen-bond acceptors (Lipinski definition) is 3. The SMILES string of the molecule is CC(CCCOc1ccccc1)C(N)CS. The highest BCUT2D eigenvalue weighted by Gasteiger charge is 2.10. The normalized spacial score (nSPS) is 14.4. The average Bonchev–Trinajstić information content (AvgIpc) is 2.34. The highest BCUT2D eigenvalue weighted by molar-refractivity contribution is 7.80. The van der Waals surface area contributed by atoms with Crippen LogP contribution in [0.1, 0.15) is 19.8 Å². The van der Waals surface area contributed by atoms with E-state index in [1.165, 1.54) is 0 Å². The fourth-order valence-corrected chi connectivity index (χ4v) is 1.87. The molecule has 1 aromatic carbocycles. The maximum atomic E-state index is 5.89. The first-order valence-electron chi connectivity index (χ1n) is 5.78. The first-order valence-corrected chi connectivity index (χ1v) is 6.41. The zero-order valence-corrected chi connectivity index (χ0v) is 10.7. The number of rotatable bonds is 7. The molecule has 2 nitrogen and oxygen atoms in total. The highest BCUT2D eigenvalue weighted by atomic mass is 32.1. The van der Waals surface area contributed by atoms with E-state index in [1.807, 2.05) is 30.3 Å². The molecule has 0 spiro atoms. The molecule has 0 aliphatic rings. The largest absolute Gasteiger partial charge is 0.494 e. The zero-order valence-electron chi connectivity index (χ0n) is 9.80. The minimum atomic E-state index is 0.194. The van der Waals surface area contributed by atoms with E-state index in [-0.39, 0.29) is 6.04 Å². The third-order valence-corrected chi connectivity index (χ3v) is 3.18. The molecule has 0 fully saturated rings. The first kappa shape index (κ1) is 13.4. The summed E-state index contributed by atoms with van der Waals surface area (Å²) >= 11 is 4.20. The molecule has 2 N–H and O–H groups in total. The van der Waals surface area contributed by atoms with Crippen LogP contribution < -0.4 is 10.5 Å². The summed E-state index contributed by atoms with van der Waals surface area (Å²) in [6.07, 6.45) is 2.13. The molecule has 0 aliphatic carbocycles. The van der Waals surface area contributed by atoms with Gasteiger partial charge in [0.2, 0.25) is 0 Å². The van der Waals surface area contributed by atoms with E-state index in [1.54, 1.807) is 0 Å². The van der Waals surface area contributed by atoms with Gasteiger partial charge in [0.15, 0.2) is 0 Å². The molecular weight excluding hydrogens is 218 g/mol. The Morgan fingerprint density at radius 1 is 1.31 bits per heavy atom. The van der Waals surface area contributed by atoms with Gasteiger partial charge in [0, 0.05) is 11.8 Å². The summed E-state index contributed by atoms with van der Waals surface area (Å²) in [5, 5.41) is 0. The van der Waals surface area contributed by atoms with Crippen LogP contribution in [0.15, 0.2) is 30.3 Å². The smallest absolute Gasteiger partial charge is 0.119 e. The van der Waals surface area contributed by atoms with Gasteiger partial charge in [0.1, 0.15) is 5.75 Å². The van der Waals surface area contributed by atoms with E-state index < -0.39 is 0 Å². The number of para-hydroxylation sites is 1. The van der Waals surface area contributed by atoms with E-state index in [4.69, 9.17) is 10.5 Å². The summed E-state index contributed by atoms with van der Waals surface area (Å²) in [4.78, 5) is 0. The molecule has 0 aliphatic heterocycles. The lowest BCUT2D eigenvalue weighted by Gasteiger charge is -2.17. The van der Waals surface area contributed by atoms with Gasteiger partial charge in [0.05, 0.1) is 6.61 Å². The van der Waals surface area contributed by atoms with Crippen molar-refractivity contribution in [1.82, 2.24) is 0 Å². The van der Waals surface area contributed by atoms with Crippen molar-refractivity contribution in [2.75, 3.05) is 12.4 Å². The summed E-state index contributed by atoms with van der Waals surface area (Å²) in [6.45, 7) is 2.93. The van der Waals surface area contributed by atoms with Crippen LogP contribution in [0.4, 0.5) is 0 Å². The molecule has 0 aromatic heterocycles. The maximum Gasteiger partial charge on any atom is 0.119 e. The second kappa shape index (κ2) is 7.58. The van der Waals surface area contributed by atoms with Gasteiger partial charge in [0.25, 0.3) is 0 Å². The van der Waals surface area contributed by atoms with Crippen LogP contribution in [0.2, 0.25) is 0 Å². The highest BCUT2D eigenvalue weighted by Crippen LogP contribution is 2.12. The Labute approximate surface area is 104 Å². The summed E-state index contributed by atoms with van der Waals surface area (Å²) in [5.74, 6) is 2.20. The molecular formula is C13H21NOS. The molecule has 0 radical (unpaired) electrons. The Morgan fingerprint density at radius 2 is 2.00 bits per heavy atom. The average molecular weight is 239 g/mol. The molecule has 0 amide bonds. The Balaban J connectivity index is 2.13. The van der Waals surface area contributed by atoms with Gasteiger partial charge < -0.3 is 10.5 Å².